The highest BCUT2D eigenvalue weighted by Gasteiger charge is 2.32. The number of benzene rings is 2. The summed E-state index contributed by atoms with van der Waals surface area (Å²) in [6.07, 6.45) is 0. The van der Waals surface area contributed by atoms with E-state index in [4.69, 9.17) is 4.74 Å². The molecule has 2 amide bonds. The van der Waals surface area contributed by atoms with E-state index in [-0.39, 0.29) is 17.7 Å². The molecule has 1 atom stereocenters. The van der Waals surface area contributed by atoms with Gasteiger partial charge in [0.15, 0.2) is 0 Å². The Hall–Kier alpha value is -3.00. The zero-order chi connectivity index (χ0) is 20.1. The Morgan fingerprint density at radius 2 is 1.46 bits per heavy atom. The first-order chi connectivity index (χ1) is 13.5. The van der Waals surface area contributed by atoms with Crippen molar-refractivity contribution in [3.8, 4) is 0 Å². The van der Waals surface area contributed by atoms with Crippen LogP contribution in [0.5, 0.6) is 0 Å². The third kappa shape index (κ3) is 4.64. The number of hydrogen-bond donors (Lipinski definition) is 1. The fraction of sp³-hybridized carbons (Fsp3) is 0.300. The van der Waals surface area contributed by atoms with Crippen molar-refractivity contribution in [3.05, 3.63) is 65.7 Å². The standard InChI is InChI=1S/C20H21F2N3O3/c1-28-19(26)18(14-2-4-15(21)5-3-14)24-10-12-25(13-11-24)20(27)23-17-8-6-16(22)7-9-17/h2-9,18H,10-13H2,1H3,(H,23,27). The van der Waals surface area contributed by atoms with Gasteiger partial charge in [0, 0.05) is 31.9 Å². The average molecular weight is 389 g/mol. The minimum atomic E-state index is -0.659. The Balaban J connectivity index is 1.63. The van der Waals surface area contributed by atoms with Crippen LogP contribution in [0.3, 0.4) is 0 Å². The Morgan fingerprint density at radius 1 is 0.929 bits per heavy atom. The summed E-state index contributed by atoms with van der Waals surface area (Å²) in [6.45, 7) is 1.71. The maximum Gasteiger partial charge on any atom is 0.327 e. The van der Waals surface area contributed by atoms with Crippen molar-refractivity contribution in [2.24, 2.45) is 0 Å². The first-order valence-electron chi connectivity index (χ1n) is 8.87. The minimum Gasteiger partial charge on any atom is -0.468 e. The number of nitrogens with one attached hydrogen (secondary N) is 1. The number of anilines is 1. The molecule has 2 aromatic rings. The van der Waals surface area contributed by atoms with Gasteiger partial charge in [-0.25, -0.2) is 18.4 Å². The van der Waals surface area contributed by atoms with Gasteiger partial charge in [-0.3, -0.25) is 4.90 Å². The number of halogens is 2. The van der Waals surface area contributed by atoms with Crippen LogP contribution in [0.25, 0.3) is 0 Å². The van der Waals surface area contributed by atoms with Crippen LogP contribution < -0.4 is 5.32 Å². The Morgan fingerprint density at radius 3 is 2.00 bits per heavy atom. The molecule has 1 N–H and O–H groups in total. The average Bonchev–Trinajstić information content (AvgIpc) is 2.71. The molecule has 1 fully saturated rings. The van der Waals surface area contributed by atoms with Crippen molar-refractivity contribution >= 4 is 17.7 Å². The molecule has 0 radical (unpaired) electrons. The zero-order valence-corrected chi connectivity index (χ0v) is 15.4. The fourth-order valence-corrected chi connectivity index (χ4v) is 3.17. The van der Waals surface area contributed by atoms with Gasteiger partial charge < -0.3 is 15.0 Å². The van der Waals surface area contributed by atoms with Gasteiger partial charge in [-0.15, -0.1) is 0 Å². The highest BCUT2D eigenvalue weighted by Crippen LogP contribution is 2.24. The quantitative estimate of drug-likeness (QED) is 0.817. The van der Waals surface area contributed by atoms with Crippen LogP contribution in [-0.2, 0) is 9.53 Å². The summed E-state index contributed by atoms with van der Waals surface area (Å²) < 4.78 is 31.1. The van der Waals surface area contributed by atoms with Crippen LogP contribution >= 0.6 is 0 Å². The molecule has 28 heavy (non-hydrogen) atoms. The van der Waals surface area contributed by atoms with E-state index in [1.807, 2.05) is 4.90 Å². The molecular weight excluding hydrogens is 368 g/mol. The van der Waals surface area contributed by atoms with E-state index in [1.54, 1.807) is 17.0 Å². The van der Waals surface area contributed by atoms with Crippen molar-refractivity contribution in [2.45, 2.75) is 6.04 Å². The predicted octanol–water partition coefficient (Wildman–Crippen LogP) is 3.03. The molecule has 1 heterocycles. The van der Waals surface area contributed by atoms with Crippen molar-refractivity contribution in [3.63, 3.8) is 0 Å². The van der Waals surface area contributed by atoms with Crippen LogP contribution in [0.15, 0.2) is 48.5 Å². The maximum absolute atomic E-state index is 13.2. The molecule has 148 valence electrons. The number of ether oxygens (including phenoxy) is 1. The number of nitrogens with zero attached hydrogens (tertiary/aromatic N) is 2. The third-order valence-electron chi connectivity index (χ3n) is 4.67. The van der Waals surface area contributed by atoms with E-state index in [2.05, 4.69) is 5.32 Å². The summed E-state index contributed by atoms with van der Waals surface area (Å²) in [5.74, 6) is -1.19. The smallest absolute Gasteiger partial charge is 0.327 e. The molecule has 0 aliphatic carbocycles. The van der Waals surface area contributed by atoms with E-state index in [0.717, 1.165) is 0 Å². The second kappa shape index (κ2) is 8.79. The van der Waals surface area contributed by atoms with E-state index >= 15 is 0 Å². The number of methoxy groups -OCH3 is 1. The highest BCUT2D eigenvalue weighted by atomic mass is 19.1. The first-order valence-corrected chi connectivity index (χ1v) is 8.87. The summed E-state index contributed by atoms with van der Waals surface area (Å²) in [5.41, 5.74) is 1.14. The number of esters is 1. The molecule has 2 aromatic carbocycles. The molecular formula is C20H21F2N3O3. The highest BCUT2D eigenvalue weighted by molar-refractivity contribution is 5.89. The van der Waals surface area contributed by atoms with Gasteiger partial charge in [0.05, 0.1) is 7.11 Å². The Labute approximate surface area is 161 Å². The van der Waals surface area contributed by atoms with E-state index in [1.165, 1.54) is 43.5 Å². The first kappa shape index (κ1) is 19.8. The van der Waals surface area contributed by atoms with E-state index in [0.29, 0.717) is 37.4 Å². The molecule has 3 rings (SSSR count). The topological polar surface area (TPSA) is 61.9 Å². The zero-order valence-electron chi connectivity index (χ0n) is 15.4. The molecule has 0 spiro atoms. The van der Waals surface area contributed by atoms with Crippen molar-refractivity contribution in [1.82, 2.24) is 9.80 Å². The van der Waals surface area contributed by atoms with Gasteiger partial charge in [-0.1, -0.05) is 12.1 Å². The number of hydrogen-bond acceptors (Lipinski definition) is 4. The summed E-state index contributed by atoms with van der Waals surface area (Å²) in [5, 5.41) is 2.72. The molecule has 6 nitrogen and oxygen atoms in total. The number of piperazine rings is 1. The largest absolute Gasteiger partial charge is 0.468 e. The van der Waals surface area contributed by atoms with Crippen LogP contribution in [0, 0.1) is 11.6 Å². The number of urea groups is 1. The van der Waals surface area contributed by atoms with Crippen molar-refractivity contribution in [1.29, 1.82) is 0 Å². The monoisotopic (exact) mass is 389 g/mol. The maximum atomic E-state index is 13.2. The van der Waals surface area contributed by atoms with Crippen LogP contribution in [-0.4, -0.2) is 55.1 Å². The normalized spacial score (nSPS) is 15.8. The van der Waals surface area contributed by atoms with Gasteiger partial charge in [0.1, 0.15) is 17.7 Å². The molecule has 0 saturated carbocycles. The summed E-state index contributed by atoms with van der Waals surface area (Å²) in [6, 6.07) is 10.3. The lowest BCUT2D eigenvalue weighted by Gasteiger charge is -2.38. The lowest BCUT2D eigenvalue weighted by atomic mass is 10.0. The molecule has 0 bridgehead atoms. The molecule has 1 saturated heterocycles. The van der Waals surface area contributed by atoms with Gasteiger partial charge in [-0.2, -0.15) is 0 Å². The van der Waals surface area contributed by atoms with E-state index in [9.17, 15) is 18.4 Å². The number of carbonyl (C=O) groups is 2. The summed E-state index contributed by atoms with van der Waals surface area (Å²) in [7, 11) is 1.31. The van der Waals surface area contributed by atoms with Gasteiger partial charge in [0.25, 0.3) is 0 Å². The van der Waals surface area contributed by atoms with Crippen LogP contribution in [0.2, 0.25) is 0 Å². The van der Waals surface area contributed by atoms with Gasteiger partial charge in [-0.05, 0) is 42.0 Å². The molecule has 8 heteroatoms. The second-order valence-corrected chi connectivity index (χ2v) is 6.44. The predicted molar refractivity (Wildman–Crippen MR) is 99.7 cm³/mol. The van der Waals surface area contributed by atoms with Crippen LogP contribution in [0.4, 0.5) is 19.3 Å². The van der Waals surface area contributed by atoms with E-state index < -0.39 is 12.0 Å². The molecule has 1 aliphatic heterocycles. The summed E-state index contributed by atoms with van der Waals surface area (Å²) >= 11 is 0. The molecule has 1 aliphatic rings. The summed E-state index contributed by atoms with van der Waals surface area (Å²) in [4.78, 5) is 28.2. The minimum absolute atomic E-state index is 0.289. The van der Waals surface area contributed by atoms with Crippen LogP contribution in [0.1, 0.15) is 11.6 Å². The number of carbonyl (C=O) groups excluding carboxylic acids is 2. The molecule has 1 unspecified atom stereocenters. The van der Waals surface area contributed by atoms with Gasteiger partial charge in [0.2, 0.25) is 0 Å². The number of amides is 2. The third-order valence-corrected chi connectivity index (χ3v) is 4.67. The fourth-order valence-electron chi connectivity index (χ4n) is 3.17. The molecule has 0 aromatic heterocycles. The lowest BCUT2D eigenvalue weighted by Crippen LogP contribution is -2.52. The van der Waals surface area contributed by atoms with Crippen molar-refractivity contribution in [2.75, 3.05) is 38.6 Å². The second-order valence-electron chi connectivity index (χ2n) is 6.44. The van der Waals surface area contributed by atoms with Crippen molar-refractivity contribution < 1.29 is 23.1 Å². The van der Waals surface area contributed by atoms with Gasteiger partial charge >= 0.3 is 12.0 Å². The lowest BCUT2D eigenvalue weighted by molar-refractivity contribution is -0.148. The Bertz CT molecular complexity index is 820. The SMILES string of the molecule is COC(=O)C(c1ccc(F)cc1)N1CCN(C(=O)Nc2ccc(F)cc2)CC1. The number of rotatable bonds is 4. The Kier molecular flexibility index (Phi) is 6.20.